The summed E-state index contributed by atoms with van der Waals surface area (Å²) in [7, 11) is 3.76. The molecular formula is C14H23NOS. The molecule has 1 unspecified atom stereocenters. The minimum Gasteiger partial charge on any atom is -0.496 e. The zero-order chi connectivity index (χ0) is 12.8. The fourth-order valence-electron chi connectivity index (χ4n) is 2.10. The Hall–Kier alpha value is -0.670. The lowest BCUT2D eigenvalue weighted by molar-refractivity contribution is 0.403. The second-order valence-corrected chi connectivity index (χ2v) is 5.52. The Morgan fingerprint density at radius 2 is 2.06 bits per heavy atom. The molecule has 0 aliphatic heterocycles. The van der Waals surface area contributed by atoms with E-state index in [1.165, 1.54) is 16.7 Å². The first-order valence-electron chi connectivity index (χ1n) is 6.04. The van der Waals surface area contributed by atoms with Gasteiger partial charge in [0.05, 0.1) is 7.11 Å². The molecular weight excluding hydrogens is 230 g/mol. The number of aryl methyl sites for hydroxylation is 2. The van der Waals surface area contributed by atoms with Gasteiger partial charge in [0.1, 0.15) is 5.75 Å². The molecule has 96 valence electrons. The van der Waals surface area contributed by atoms with Crippen LogP contribution in [0.2, 0.25) is 0 Å². The van der Waals surface area contributed by atoms with E-state index in [0.717, 1.165) is 17.3 Å². The number of hydrogen-bond acceptors (Lipinski definition) is 3. The predicted octanol–water partition coefficient (Wildman–Crippen LogP) is 3.33. The van der Waals surface area contributed by atoms with Crippen molar-refractivity contribution in [3.63, 3.8) is 0 Å². The molecule has 0 aromatic heterocycles. The van der Waals surface area contributed by atoms with Crippen molar-refractivity contribution in [3.05, 3.63) is 28.8 Å². The molecule has 0 aliphatic rings. The zero-order valence-electron chi connectivity index (χ0n) is 11.5. The van der Waals surface area contributed by atoms with Crippen LogP contribution in [-0.4, -0.2) is 25.7 Å². The fourth-order valence-corrected chi connectivity index (χ4v) is 2.91. The van der Waals surface area contributed by atoms with Crippen LogP contribution >= 0.6 is 11.8 Å². The maximum absolute atomic E-state index is 5.52. The standard InChI is InChI=1S/C14H23NOS/c1-6-17-9-12(15-4)14-11(3)7-10(2)8-13(14)16-5/h7-8,12,15H,6,9H2,1-5H3. The zero-order valence-corrected chi connectivity index (χ0v) is 12.3. The minimum absolute atomic E-state index is 0.357. The molecule has 0 heterocycles. The molecule has 1 aromatic rings. The summed E-state index contributed by atoms with van der Waals surface area (Å²) in [4.78, 5) is 0. The largest absolute Gasteiger partial charge is 0.496 e. The molecule has 17 heavy (non-hydrogen) atoms. The molecule has 0 aliphatic carbocycles. The van der Waals surface area contributed by atoms with Crippen molar-refractivity contribution < 1.29 is 4.74 Å². The van der Waals surface area contributed by atoms with Gasteiger partial charge >= 0.3 is 0 Å². The molecule has 1 atom stereocenters. The smallest absolute Gasteiger partial charge is 0.124 e. The van der Waals surface area contributed by atoms with Gasteiger partial charge in [0, 0.05) is 17.4 Å². The Morgan fingerprint density at radius 3 is 2.59 bits per heavy atom. The second kappa shape index (κ2) is 6.92. The number of thioether (sulfide) groups is 1. The first kappa shape index (κ1) is 14.4. The Labute approximate surface area is 109 Å². The van der Waals surface area contributed by atoms with E-state index in [1.807, 2.05) is 18.8 Å². The Morgan fingerprint density at radius 1 is 1.35 bits per heavy atom. The maximum Gasteiger partial charge on any atom is 0.124 e. The van der Waals surface area contributed by atoms with Crippen LogP contribution < -0.4 is 10.1 Å². The van der Waals surface area contributed by atoms with Crippen LogP contribution in [0.5, 0.6) is 5.75 Å². The fraction of sp³-hybridized carbons (Fsp3) is 0.571. The third-order valence-electron chi connectivity index (χ3n) is 2.90. The average molecular weight is 253 g/mol. The summed E-state index contributed by atoms with van der Waals surface area (Å²) in [6.45, 7) is 6.46. The van der Waals surface area contributed by atoms with Crippen LogP contribution in [-0.2, 0) is 0 Å². The van der Waals surface area contributed by atoms with Gasteiger partial charge in [0.15, 0.2) is 0 Å². The molecule has 1 rings (SSSR count). The van der Waals surface area contributed by atoms with Gasteiger partial charge < -0.3 is 10.1 Å². The van der Waals surface area contributed by atoms with Crippen molar-refractivity contribution in [2.45, 2.75) is 26.8 Å². The molecule has 0 spiro atoms. The van der Waals surface area contributed by atoms with E-state index in [1.54, 1.807) is 7.11 Å². The van der Waals surface area contributed by atoms with E-state index in [9.17, 15) is 0 Å². The molecule has 2 nitrogen and oxygen atoms in total. The van der Waals surface area contributed by atoms with E-state index in [0.29, 0.717) is 6.04 Å². The van der Waals surface area contributed by atoms with Crippen LogP contribution in [0.3, 0.4) is 0 Å². The van der Waals surface area contributed by atoms with Crippen LogP contribution in [0.4, 0.5) is 0 Å². The number of ether oxygens (including phenoxy) is 1. The van der Waals surface area contributed by atoms with Gasteiger partial charge in [-0.1, -0.05) is 13.0 Å². The highest BCUT2D eigenvalue weighted by atomic mass is 32.2. The molecule has 0 saturated heterocycles. The molecule has 0 bridgehead atoms. The lowest BCUT2D eigenvalue weighted by Gasteiger charge is -2.21. The number of hydrogen-bond donors (Lipinski definition) is 1. The van der Waals surface area contributed by atoms with Crippen LogP contribution in [0, 0.1) is 13.8 Å². The highest BCUT2D eigenvalue weighted by molar-refractivity contribution is 7.99. The minimum atomic E-state index is 0.357. The van der Waals surface area contributed by atoms with Gasteiger partial charge in [0.2, 0.25) is 0 Å². The summed E-state index contributed by atoms with van der Waals surface area (Å²) in [6.07, 6.45) is 0. The SMILES string of the molecule is CCSCC(NC)c1c(C)cc(C)cc1OC. The monoisotopic (exact) mass is 253 g/mol. The Bertz CT molecular complexity index is 365. The molecule has 1 N–H and O–H groups in total. The van der Waals surface area contributed by atoms with Crippen molar-refractivity contribution in [1.29, 1.82) is 0 Å². The van der Waals surface area contributed by atoms with E-state index >= 15 is 0 Å². The van der Waals surface area contributed by atoms with Crippen LogP contribution in [0.15, 0.2) is 12.1 Å². The van der Waals surface area contributed by atoms with Crippen LogP contribution in [0.25, 0.3) is 0 Å². The van der Waals surface area contributed by atoms with E-state index in [-0.39, 0.29) is 0 Å². The summed E-state index contributed by atoms with van der Waals surface area (Å²) in [6, 6.07) is 4.69. The first-order valence-corrected chi connectivity index (χ1v) is 7.19. The van der Waals surface area contributed by atoms with E-state index in [4.69, 9.17) is 4.74 Å². The highest BCUT2D eigenvalue weighted by Gasteiger charge is 2.17. The molecule has 1 aromatic carbocycles. The number of benzene rings is 1. The van der Waals surface area contributed by atoms with Crippen molar-refractivity contribution in [2.75, 3.05) is 25.7 Å². The van der Waals surface area contributed by atoms with Crippen molar-refractivity contribution in [2.24, 2.45) is 0 Å². The third kappa shape index (κ3) is 3.65. The van der Waals surface area contributed by atoms with E-state index < -0.39 is 0 Å². The van der Waals surface area contributed by atoms with Crippen molar-refractivity contribution in [1.82, 2.24) is 5.32 Å². The van der Waals surface area contributed by atoms with Crippen molar-refractivity contribution >= 4 is 11.8 Å². The summed E-state index contributed by atoms with van der Waals surface area (Å²) in [5.41, 5.74) is 3.85. The van der Waals surface area contributed by atoms with Gasteiger partial charge in [-0.15, -0.1) is 0 Å². The maximum atomic E-state index is 5.52. The Balaban J connectivity index is 3.08. The number of methoxy groups -OCH3 is 1. The third-order valence-corrected chi connectivity index (χ3v) is 3.88. The summed E-state index contributed by atoms with van der Waals surface area (Å²) < 4.78 is 5.52. The summed E-state index contributed by atoms with van der Waals surface area (Å²) >= 11 is 1.95. The van der Waals surface area contributed by atoms with Gasteiger partial charge in [-0.2, -0.15) is 11.8 Å². The quantitative estimate of drug-likeness (QED) is 0.840. The van der Waals surface area contributed by atoms with E-state index in [2.05, 4.69) is 38.2 Å². The molecule has 3 heteroatoms. The molecule has 0 fully saturated rings. The lowest BCUT2D eigenvalue weighted by atomic mass is 9.99. The van der Waals surface area contributed by atoms with Gasteiger partial charge in [-0.3, -0.25) is 0 Å². The van der Waals surface area contributed by atoms with Gasteiger partial charge in [-0.25, -0.2) is 0 Å². The highest BCUT2D eigenvalue weighted by Crippen LogP contribution is 2.31. The average Bonchev–Trinajstić information content (AvgIpc) is 2.31. The molecule has 0 saturated carbocycles. The normalized spacial score (nSPS) is 12.5. The topological polar surface area (TPSA) is 21.3 Å². The van der Waals surface area contributed by atoms with Crippen LogP contribution in [0.1, 0.15) is 29.7 Å². The second-order valence-electron chi connectivity index (χ2n) is 4.20. The molecule has 0 radical (unpaired) electrons. The van der Waals surface area contributed by atoms with Crippen molar-refractivity contribution in [3.8, 4) is 5.75 Å². The first-order chi connectivity index (χ1) is 8.13. The number of nitrogens with one attached hydrogen (secondary N) is 1. The van der Waals surface area contributed by atoms with Gasteiger partial charge in [0.25, 0.3) is 0 Å². The number of rotatable bonds is 6. The van der Waals surface area contributed by atoms with Gasteiger partial charge in [-0.05, 0) is 43.8 Å². The lowest BCUT2D eigenvalue weighted by Crippen LogP contribution is -2.20. The Kier molecular flexibility index (Phi) is 5.86. The predicted molar refractivity (Wildman–Crippen MR) is 77.3 cm³/mol. The molecule has 0 amide bonds. The summed E-state index contributed by atoms with van der Waals surface area (Å²) in [5, 5.41) is 3.39. The summed E-state index contributed by atoms with van der Waals surface area (Å²) in [5.74, 6) is 3.22.